The number of amides is 1. The van der Waals surface area contributed by atoms with Gasteiger partial charge in [0, 0.05) is 44.6 Å². The SMILES string of the molecule is CCCCNC(=O)c1cncc(N2CCN(c3ccc(OC)cc3)CC2)c1. The molecular formula is C21H28N4O2. The van der Waals surface area contributed by atoms with E-state index in [4.69, 9.17) is 4.74 Å². The first-order valence-electron chi connectivity index (χ1n) is 9.58. The molecule has 1 N–H and O–H groups in total. The van der Waals surface area contributed by atoms with Crippen molar-refractivity contribution in [1.82, 2.24) is 10.3 Å². The minimum Gasteiger partial charge on any atom is -0.497 e. The molecule has 0 radical (unpaired) electrons. The maximum Gasteiger partial charge on any atom is 0.252 e. The summed E-state index contributed by atoms with van der Waals surface area (Å²) in [6.45, 7) is 6.47. The molecule has 6 heteroatoms. The largest absolute Gasteiger partial charge is 0.497 e. The Morgan fingerprint density at radius 3 is 2.37 bits per heavy atom. The van der Waals surface area contributed by atoms with E-state index in [0.717, 1.165) is 50.5 Å². The Kier molecular flexibility index (Phi) is 6.52. The molecule has 0 atom stereocenters. The zero-order chi connectivity index (χ0) is 19.1. The van der Waals surface area contributed by atoms with Crippen LogP contribution in [0.3, 0.4) is 0 Å². The van der Waals surface area contributed by atoms with Crippen molar-refractivity contribution in [2.45, 2.75) is 19.8 Å². The lowest BCUT2D eigenvalue weighted by Crippen LogP contribution is -2.46. The van der Waals surface area contributed by atoms with E-state index in [1.54, 1.807) is 13.3 Å². The van der Waals surface area contributed by atoms with Gasteiger partial charge in [-0.15, -0.1) is 0 Å². The van der Waals surface area contributed by atoms with Crippen molar-refractivity contribution >= 4 is 17.3 Å². The summed E-state index contributed by atoms with van der Waals surface area (Å²) in [6.07, 6.45) is 5.54. The normalized spacial score (nSPS) is 14.1. The van der Waals surface area contributed by atoms with Gasteiger partial charge >= 0.3 is 0 Å². The lowest BCUT2D eigenvalue weighted by Gasteiger charge is -2.37. The van der Waals surface area contributed by atoms with Gasteiger partial charge < -0.3 is 19.9 Å². The van der Waals surface area contributed by atoms with E-state index in [2.05, 4.69) is 39.2 Å². The van der Waals surface area contributed by atoms with Gasteiger partial charge in [0.15, 0.2) is 0 Å². The molecule has 2 heterocycles. The minimum absolute atomic E-state index is 0.0466. The number of benzene rings is 1. The highest BCUT2D eigenvalue weighted by Crippen LogP contribution is 2.23. The Hall–Kier alpha value is -2.76. The number of unbranched alkanes of at least 4 members (excludes halogenated alkanes) is 1. The van der Waals surface area contributed by atoms with Gasteiger partial charge in [-0.3, -0.25) is 9.78 Å². The quantitative estimate of drug-likeness (QED) is 0.762. The van der Waals surface area contributed by atoms with Gasteiger partial charge in [-0.1, -0.05) is 13.3 Å². The molecule has 1 amide bonds. The fourth-order valence-corrected chi connectivity index (χ4v) is 3.22. The summed E-state index contributed by atoms with van der Waals surface area (Å²) in [6, 6.07) is 10.1. The topological polar surface area (TPSA) is 57.7 Å². The summed E-state index contributed by atoms with van der Waals surface area (Å²) >= 11 is 0. The molecule has 1 aromatic carbocycles. The third-order valence-corrected chi connectivity index (χ3v) is 4.88. The number of carbonyl (C=O) groups is 1. The molecule has 27 heavy (non-hydrogen) atoms. The zero-order valence-corrected chi connectivity index (χ0v) is 16.1. The van der Waals surface area contributed by atoms with Gasteiger partial charge in [0.05, 0.1) is 24.6 Å². The van der Waals surface area contributed by atoms with E-state index in [0.29, 0.717) is 12.1 Å². The lowest BCUT2D eigenvalue weighted by atomic mass is 10.2. The molecule has 1 aromatic heterocycles. The van der Waals surface area contributed by atoms with Crippen LogP contribution in [0, 0.1) is 0 Å². The molecule has 144 valence electrons. The summed E-state index contributed by atoms with van der Waals surface area (Å²) in [5.74, 6) is 0.826. The Labute approximate surface area is 161 Å². The zero-order valence-electron chi connectivity index (χ0n) is 16.1. The molecule has 2 aromatic rings. The molecule has 1 fully saturated rings. The maximum absolute atomic E-state index is 12.3. The van der Waals surface area contributed by atoms with E-state index >= 15 is 0 Å². The number of ether oxygens (including phenoxy) is 1. The number of hydrogen-bond donors (Lipinski definition) is 1. The Bertz CT molecular complexity index is 740. The van der Waals surface area contributed by atoms with Crippen molar-refractivity contribution < 1.29 is 9.53 Å². The van der Waals surface area contributed by atoms with E-state index in [9.17, 15) is 4.79 Å². The van der Waals surface area contributed by atoms with Crippen LogP contribution in [0.25, 0.3) is 0 Å². The van der Waals surface area contributed by atoms with Crippen LogP contribution in [0.15, 0.2) is 42.7 Å². The Morgan fingerprint density at radius 1 is 1.07 bits per heavy atom. The average Bonchev–Trinajstić information content (AvgIpc) is 2.74. The van der Waals surface area contributed by atoms with E-state index in [1.165, 1.54) is 5.69 Å². The first kappa shape index (κ1) is 19.0. The first-order valence-corrected chi connectivity index (χ1v) is 9.58. The molecule has 0 unspecified atom stereocenters. The van der Waals surface area contributed by atoms with Crippen LogP contribution in [-0.2, 0) is 0 Å². The highest BCUT2D eigenvalue weighted by Gasteiger charge is 2.19. The van der Waals surface area contributed by atoms with E-state index in [-0.39, 0.29) is 5.91 Å². The standard InChI is InChI=1S/C21H28N4O2/c1-3-4-9-23-21(26)17-14-19(16-22-15-17)25-12-10-24(11-13-25)18-5-7-20(27-2)8-6-18/h5-8,14-16H,3-4,9-13H2,1-2H3,(H,23,26). The third-order valence-electron chi connectivity index (χ3n) is 4.88. The Morgan fingerprint density at radius 2 is 1.74 bits per heavy atom. The predicted molar refractivity (Wildman–Crippen MR) is 109 cm³/mol. The number of hydrogen-bond acceptors (Lipinski definition) is 5. The maximum atomic E-state index is 12.3. The summed E-state index contributed by atoms with van der Waals surface area (Å²) in [5, 5.41) is 2.95. The van der Waals surface area contributed by atoms with Gasteiger partial charge in [0.2, 0.25) is 0 Å². The number of methoxy groups -OCH3 is 1. The van der Waals surface area contributed by atoms with Gasteiger partial charge in [-0.25, -0.2) is 0 Å². The number of anilines is 2. The van der Waals surface area contributed by atoms with Crippen LogP contribution in [0.1, 0.15) is 30.1 Å². The fourth-order valence-electron chi connectivity index (χ4n) is 3.22. The second kappa shape index (κ2) is 9.26. The minimum atomic E-state index is -0.0466. The number of rotatable bonds is 7. The van der Waals surface area contributed by atoms with Gasteiger partial charge in [-0.05, 0) is 36.8 Å². The second-order valence-electron chi connectivity index (χ2n) is 6.71. The molecule has 0 bridgehead atoms. The number of nitrogens with one attached hydrogen (secondary N) is 1. The van der Waals surface area contributed by atoms with Gasteiger partial charge in [-0.2, -0.15) is 0 Å². The van der Waals surface area contributed by atoms with Crippen LogP contribution >= 0.6 is 0 Å². The van der Waals surface area contributed by atoms with Crippen LogP contribution in [0.5, 0.6) is 5.75 Å². The number of aromatic nitrogens is 1. The van der Waals surface area contributed by atoms with Crippen molar-refractivity contribution in [3.8, 4) is 5.75 Å². The number of nitrogens with zero attached hydrogens (tertiary/aromatic N) is 3. The number of piperazine rings is 1. The summed E-state index contributed by atoms with van der Waals surface area (Å²) in [5.41, 5.74) is 2.84. The van der Waals surface area contributed by atoms with Crippen LogP contribution in [0.2, 0.25) is 0 Å². The van der Waals surface area contributed by atoms with Crippen molar-refractivity contribution in [3.63, 3.8) is 0 Å². The van der Waals surface area contributed by atoms with Crippen molar-refractivity contribution in [3.05, 3.63) is 48.3 Å². The van der Waals surface area contributed by atoms with Crippen LogP contribution in [0.4, 0.5) is 11.4 Å². The predicted octanol–water partition coefficient (Wildman–Crippen LogP) is 2.95. The highest BCUT2D eigenvalue weighted by atomic mass is 16.5. The molecule has 1 aliphatic rings. The molecule has 1 aliphatic heterocycles. The molecule has 3 rings (SSSR count). The third kappa shape index (κ3) is 4.90. The van der Waals surface area contributed by atoms with Crippen molar-refractivity contribution in [2.75, 3.05) is 49.6 Å². The van der Waals surface area contributed by atoms with E-state index < -0.39 is 0 Å². The highest BCUT2D eigenvalue weighted by molar-refractivity contribution is 5.94. The summed E-state index contributed by atoms with van der Waals surface area (Å²) in [7, 11) is 1.68. The first-order chi connectivity index (χ1) is 13.2. The van der Waals surface area contributed by atoms with Crippen molar-refractivity contribution in [1.29, 1.82) is 0 Å². The van der Waals surface area contributed by atoms with Crippen LogP contribution in [-0.4, -0.2) is 50.7 Å². The van der Waals surface area contributed by atoms with Gasteiger partial charge in [0.25, 0.3) is 5.91 Å². The van der Waals surface area contributed by atoms with Gasteiger partial charge in [0.1, 0.15) is 5.75 Å². The summed E-state index contributed by atoms with van der Waals surface area (Å²) in [4.78, 5) is 21.2. The smallest absolute Gasteiger partial charge is 0.252 e. The molecule has 6 nitrogen and oxygen atoms in total. The van der Waals surface area contributed by atoms with Crippen LogP contribution < -0.4 is 19.9 Å². The second-order valence-corrected chi connectivity index (χ2v) is 6.71. The number of carbonyl (C=O) groups excluding carboxylic acids is 1. The molecule has 0 aliphatic carbocycles. The lowest BCUT2D eigenvalue weighted by molar-refractivity contribution is 0.0953. The Balaban J connectivity index is 1.58. The molecule has 0 saturated carbocycles. The fraction of sp³-hybridized carbons (Fsp3) is 0.429. The molecule has 0 spiro atoms. The summed E-state index contributed by atoms with van der Waals surface area (Å²) < 4.78 is 5.23. The molecule has 1 saturated heterocycles. The van der Waals surface area contributed by atoms with Crippen molar-refractivity contribution in [2.24, 2.45) is 0 Å². The number of pyridine rings is 1. The average molecular weight is 368 g/mol. The molecular weight excluding hydrogens is 340 g/mol. The monoisotopic (exact) mass is 368 g/mol. The van der Waals surface area contributed by atoms with E-state index in [1.807, 2.05) is 24.4 Å².